The molecule has 0 aromatic heterocycles. The van der Waals surface area contributed by atoms with Crippen LogP contribution in [0.4, 0.5) is 13.2 Å². The van der Waals surface area contributed by atoms with Crippen molar-refractivity contribution in [3.8, 4) is 0 Å². The van der Waals surface area contributed by atoms with E-state index in [1.165, 1.54) is 23.9 Å². The Bertz CT molecular complexity index is 772. The summed E-state index contributed by atoms with van der Waals surface area (Å²) in [5, 5.41) is 14.5. The molecular weight excluding hydrogens is 403 g/mol. The lowest BCUT2D eigenvalue weighted by atomic mass is 9.82. The number of nitrogens with zero attached hydrogens (tertiary/aromatic N) is 1. The van der Waals surface area contributed by atoms with Crippen molar-refractivity contribution in [3.63, 3.8) is 0 Å². The third-order valence-electron chi connectivity index (χ3n) is 4.63. The Kier molecular flexibility index (Phi) is 8.19. The summed E-state index contributed by atoms with van der Waals surface area (Å²) in [6.45, 7) is 5.99. The lowest BCUT2D eigenvalue weighted by Gasteiger charge is -2.26. The molecule has 0 aliphatic heterocycles. The van der Waals surface area contributed by atoms with Gasteiger partial charge in [-0.2, -0.15) is 13.2 Å². The highest BCUT2D eigenvalue weighted by atomic mass is 32.2. The summed E-state index contributed by atoms with van der Waals surface area (Å²) in [7, 11) is 0. The van der Waals surface area contributed by atoms with Crippen LogP contribution in [-0.2, 0) is 15.8 Å². The van der Waals surface area contributed by atoms with E-state index in [1.807, 2.05) is 13.8 Å². The molecule has 29 heavy (non-hydrogen) atoms. The largest absolute Gasteiger partial charge is 0.511 e. The molecule has 1 aliphatic rings. The number of benzene rings is 1. The first-order valence-corrected chi connectivity index (χ1v) is 10.5. The van der Waals surface area contributed by atoms with Crippen LogP contribution in [0.25, 0.3) is 0 Å². The van der Waals surface area contributed by atoms with E-state index in [4.69, 9.17) is 4.84 Å². The van der Waals surface area contributed by atoms with Crippen molar-refractivity contribution in [2.45, 2.75) is 62.8 Å². The summed E-state index contributed by atoms with van der Waals surface area (Å²) < 4.78 is 38.0. The van der Waals surface area contributed by atoms with Crippen LogP contribution in [0.5, 0.6) is 0 Å². The number of ketones is 1. The van der Waals surface area contributed by atoms with Gasteiger partial charge in [0.05, 0.1) is 16.8 Å². The van der Waals surface area contributed by atoms with Crippen LogP contribution in [0, 0.1) is 5.92 Å². The first kappa shape index (κ1) is 23.3. The average molecular weight is 430 g/mol. The normalized spacial score (nSPS) is 19.4. The van der Waals surface area contributed by atoms with E-state index in [1.54, 1.807) is 6.92 Å². The van der Waals surface area contributed by atoms with Gasteiger partial charge in [0.1, 0.15) is 12.4 Å². The van der Waals surface area contributed by atoms with Gasteiger partial charge in [0.2, 0.25) is 0 Å². The van der Waals surface area contributed by atoms with Gasteiger partial charge in [-0.25, -0.2) is 0 Å². The van der Waals surface area contributed by atoms with Crippen molar-refractivity contribution < 1.29 is 27.9 Å². The van der Waals surface area contributed by atoms with Crippen molar-refractivity contribution in [2.24, 2.45) is 11.1 Å². The highest BCUT2D eigenvalue weighted by Gasteiger charge is 2.32. The number of aliphatic hydroxyl groups is 1. The van der Waals surface area contributed by atoms with Crippen LogP contribution in [0.1, 0.15) is 52.0 Å². The van der Waals surface area contributed by atoms with Crippen LogP contribution >= 0.6 is 11.8 Å². The number of allylic oxidation sites excluding steroid dienone is 2. The van der Waals surface area contributed by atoms with Crippen molar-refractivity contribution in [2.75, 3.05) is 6.61 Å². The number of carbonyl (C=O) groups is 1. The number of rotatable bonds is 8. The van der Waals surface area contributed by atoms with Crippen molar-refractivity contribution in [1.29, 1.82) is 0 Å². The van der Waals surface area contributed by atoms with Crippen LogP contribution in [0.15, 0.2) is 45.6 Å². The summed E-state index contributed by atoms with van der Waals surface area (Å²) in [5.41, 5.74) is 0.0515. The maximum Gasteiger partial charge on any atom is 0.416 e. The number of halogens is 3. The molecule has 0 radical (unpaired) electrons. The number of hydrogen-bond acceptors (Lipinski definition) is 5. The molecule has 4 nitrogen and oxygen atoms in total. The molecule has 2 atom stereocenters. The van der Waals surface area contributed by atoms with Crippen molar-refractivity contribution in [3.05, 3.63) is 41.2 Å². The fraction of sp³-hybridized carbons (Fsp3) is 0.524. The Morgan fingerprint density at radius 1 is 1.28 bits per heavy atom. The summed E-state index contributed by atoms with van der Waals surface area (Å²) in [4.78, 5) is 18.4. The first-order chi connectivity index (χ1) is 13.7. The molecule has 2 unspecified atom stereocenters. The summed E-state index contributed by atoms with van der Waals surface area (Å²) in [6, 6.07) is 5.07. The molecule has 1 N–H and O–H groups in total. The number of Topliss-reactive ketones (excluding diaryl/α,β-unsaturated/α-hetero) is 1. The minimum atomic E-state index is -4.35. The van der Waals surface area contributed by atoms with Gasteiger partial charge in [0.15, 0.2) is 5.78 Å². The molecule has 0 bridgehead atoms. The zero-order valence-electron chi connectivity index (χ0n) is 16.8. The maximum absolute atomic E-state index is 12.7. The zero-order valence-corrected chi connectivity index (χ0v) is 17.6. The molecular formula is C21H26F3NO3S. The topological polar surface area (TPSA) is 58.9 Å². The summed E-state index contributed by atoms with van der Waals surface area (Å²) in [5.74, 6) is -0.127. The molecule has 0 saturated carbocycles. The van der Waals surface area contributed by atoms with Crippen LogP contribution in [-0.4, -0.2) is 28.5 Å². The lowest BCUT2D eigenvalue weighted by molar-refractivity contribution is -0.137. The van der Waals surface area contributed by atoms with E-state index in [9.17, 15) is 23.1 Å². The van der Waals surface area contributed by atoms with E-state index in [2.05, 4.69) is 5.16 Å². The van der Waals surface area contributed by atoms with E-state index >= 15 is 0 Å². The number of hydrogen-bond donors (Lipinski definition) is 1. The SMILES string of the molecule is CCON=C(CC)C1=C(O)CC(CC(C)Sc2ccc(C(F)(F)F)cc2)CC1=O. The Labute approximate surface area is 173 Å². The first-order valence-electron chi connectivity index (χ1n) is 9.64. The number of oxime groups is 1. The minimum absolute atomic E-state index is 0.0200. The van der Waals surface area contributed by atoms with E-state index in [-0.39, 0.29) is 28.3 Å². The second kappa shape index (κ2) is 10.2. The number of alkyl halides is 3. The molecule has 0 fully saturated rings. The second-order valence-corrected chi connectivity index (χ2v) is 8.53. The van der Waals surface area contributed by atoms with Crippen molar-refractivity contribution >= 4 is 23.3 Å². The zero-order chi connectivity index (χ0) is 21.6. The molecule has 1 aromatic carbocycles. The highest BCUT2D eigenvalue weighted by molar-refractivity contribution is 7.99. The van der Waals surface area contributed by atoms with Gasteiger partial charge in [-0.05, 0) is 49.9 Å². The molecule has 2 rings (SSSR count). The molecule has 0 heterocycles. The van der Waals surface area contributed by atoms with Gasteiger partial charge in [-0.15, -0.1) is 11.8 Å². The molecule has 160 valence electrons. The van der Waals surface area contributed by atoms with Crippen LogP contribution < -0.4 is 0 Å². The highest BCUT2D eigenvalue weighted by Crippen LogP contribution is 2.36. The molecule has 8 heteroatoms. The van der Waals surface area contributed by atoms with Gasteiger partial charge in [0.25, 0.3) is 0 Å². The smallest absolute Gasteiger partial charge is 0.416 e. The average Bonchev–Trinajstić information content (AvgIpc) is 2.63. The second-order valence-electron chi connectivity index (χ2n) is 7.01. The third kappa shape index (κ3) is 6.52. The van der Waals surface area contributed by atoms with E-state index in [0.717, 1.165) is 17.0 Å². The Balaban J connectivity index is 2.00. The molecule has 1 aromatic rings. The molecule has 1 aliphatic carbocycles. The number of thioether (sulfide) groups is 1. The fourth-order valence-corrected chi connectivity index (χ4v) is 4.49. The van der Waals surface area contributed by atoms with Gasteiger partial charge < -0.3 is 9.94 Å². The lowest BCUT2D eigenvalue weighted by Crippen LogP contribution is -2.26. The predicted molar refractivity (Wildman–Crippen MR) is 108 cm³/mol. The molecule has 0 amide bonds. The summed E-state index contributed by atoms with van der Waals surface area (Å²) >= 11 is 1.46. The van der Waals surface area contributed by atoms with Crippen LogP contribution in [0.2, 0.25) is 0 Å². The Hall–Kier alpha value is -1.96. The fourth-order valence-electron chi connectivity index (χ4n) is 3.37. The Morgan fingerprint density at radius 2 is 1.93 bits per heavy atom. The molecule has 0 spiro atoms. The van der Waals surface area contributed by atoms with Gasteiger partial charge in [0, 0.05) is 23.0 Å². The van der Waals surface area contributed by atoms with Gasteiger partial charge >= 0.3 is 6.18 Å². The van der Waals surface area contributed by atoms with Crippen LogP contribution in [0.3, 0.4) is 0 Å². The van der Waals surface area contributed by atoms with Gasteiger partial charge in [-0.3, -0.25) is 4.79 Å². The minimum Gasteiger partial charge on any atom is -0.511 e. The maximum atomic E-state index is 12.7. The van der Waals surface area contributed by atoms with E-state index < -0.39 is 11.7 Å². The van der Waals surface area contributed by atoms with Gasteiger partial charge in [-0.1, -0.05) is 19.0 Å². The molecule has 0 saturated heterocycles. The quantitative estimate of drug-likeness (QED) is 0.305. The monoisotopic (exact) mass is 429 g/mol. The number of carbonyl (C=O) groups excluding carboxylic acids is 1. The summed E-state index contributed by atoms with van der Waals surface area (Å²) in [6.07, 6.45) is -2.51. The van der Waals surface area contributed by atoms with Crippen molar-refractivity contribution in [1.82, 2.24) is 0 Å². The Morgan fingerprint density at radius 3 is 2.45 bits per heavy atom. The van der Waals surface area contributed by atoms with E-state index in [0.29, 0.717) is 38.0 Å². The number of aliphatic hydroxyl groups excluding tert-OH is 1. The predicted octanol–water partition coefficient (Wildman–Crippen LogP) is 6.17. The standard InChI is InChI=1S/C21H26F3NO3S/c1-4-17(25-28-5-2)20-18(26)11-14(12-19(20)27)10-13(3)29-16-8-6-15(7-9-16)21(22,23)24/h6-9,13-14,26H,4-5,10-12H2,1-3H3. The third-order valence-corrected chi connectivity index (χ3v) is 5.77.